The van der Waals surface area contributed by atoms with Crippen molar-refractivity contribution in [3.63, 3.8) is 0 Å². The van der Waals surface area contributed by atoms with Gasteiger partial charge in [0, 0.05) is 7.11 Å². The Morgan fingerprint density at radius 1 is 0.941 bits per heavy atom. The lowest BCUT2D eigenvalue weighted by Crippen LogP contribution is -2.27. The van der Waals surface area contributed by atoms with E-state index in [1.807, 2.05) is 7.11 Å². The Bertz CT molecular complexity index is 295. The summed E-state index contributed by atoms with van der Waals surface area (Å²) in [6.45, 7) is 4.61. The van der Waals surface area contributed by atoms with Gasteiger partial charge < -0.3 is 4.43 Å². The number of aryl methyl sites for hydroxylation is 1. The molecule has 1 aromatic carbocycles. The van der Waals surface area contributed by atoms with Crippen LogP contribution in [-0.2, 0) is 10.8 Å². The van der Waals surface area contributed by atoms with E-state index in [2.05, 4.69) is 43.4 Å². The highest BCUT2D eigenvalue weighted by Gasteiger charge is 2.18. The van der Waals surface area contributed by atoms with Crippen molar-refractivity contribution in [3.05, 3.63) is 35.9 Å². The smallest absolute Gasteiger partial charge is 0.186 e. The zero-order valence-electron chi connectivity index (χ0n) is 11.5. The van der Waals surface area contributed by atoms with Crippen LogP contribution in [0.25, 0.3) is 0 Å². The minimum atomic E-state index is -1.30. The molecule has 0 amide bonds. The molecule has 2 heteroatoms. The maximum atomic E-state index is 5.55. The molecule has 1 rings (SSSR count). The van der Waals surface area contributed by atoms with Crippen LogP contribution in [0, 0.1) is 0 Å². The van der Waals surface area contributed by atoms with Crippen molar-refractivity contribution >= 4 is 8.32 Å². The summed E-state index contributed by atoms with van der Waals surface area (Å²) in [5.41, 5.74) is 1.47. The standard InChI is InChI=1S/C15H26OSi/c1-16-17(2,3)14-10-5-4-7-11-15-12-8-6-9-13-15/h6,8-9,12-13H,4-5,7,10-11,14H2,1-3H3. The largest absolute Gasteiger partial charge is 0.420 e. The van der Waals surface area contributed by atoms with Gasteiger partial charge in [-0.3, -0.25) is 0 Å². The van der Waals surface area contributed by atoms with Gasteiger partial charge in [-0.2, -0.15) is 0 Å². The van der Waals surface area contributed by atoms with Crippen molar-refractivity contribution in [2.24, 2.45) is 0 Å². The number of hydrogen-bond donors (Lipinski definition) is 0. The molecule has 0 saturated heterocycles. The van der Waals surface area contributed by atoms with Crippen molar-refractivity contribution in [1.82, 2.24) is 0 Å². The van der Waals surface area contributed by atoms with Crippen molar-refractivity contribution < 1.29 is 4.43 Å². The summed E-state index contributed by atoms with van der Waals surface area (Å²) in [4.78, 5) is 0. The highest BCUT2D eigenvalue weighted by Crippen LogP contribution is 2.16. The Kier molecular flexibility index (Phi) is 6.52. The molecule has 0 atom stereocenters. The first-order chi connectivity index (χ1) is 8.14. The summed E-state index contributed by atoms with van der Waals surface area (Å²) in [6, 6.07) is 12.1. The maximum Gasteiger partial charge on any atom is 0.186 e. The van der Waals surface area contributed by atoms with Crippen molar-refractivity contribution in [1.29, 1.82) is 0 Å². The number of unbranched alkanes of at least 4 members (excludes halogenated alkanes) is 3. The highest BCUT2D eigenvalue weighted by molar-refractivity contribution is 6.71. The van der Waals surface area contributed by atoms with E-state index >= 15 is 0 Å². The molecule has 0 aliphatic carbocycles. The van der Waals surface area contributed by atoms with Gasteiger partial charge in [0.05, 0.1) is 0 Å². The Morgan fingerprint density at radius 3 is 2.24 bits per heavy atom. The van der Waals surface area contributed by atoms with Crippen LogP contribution in [0.4, 0.5) is 0 Å². The first-order valence-electron chi connectivity index (χ1n) is 6.73. The molecule has 1 aromatic rings. The first-order valence-corrected chi connectivity index (χ1v) is 9.85. The third-order valence-corrected chi connectivity index (χ3v) is 6.05. The molecule has 0 aliphatic heterocycles. The fraction of sp³-hybridized carbons (Fsp3) is 0.600. The number of rotatable bonds is 8. The Morgan fingerprint density at radius 2 is 1.59 bits per heavy atom. The molecule has 0 saturated carbocycles. The summed E-state index contributed by atoms with van der Waals surface area (Å²) in [6.07, 6.45) is 6.59. The Balaban J connectivity index is 2.02. The second-order valence-corrected chi connectivity index (χ2v) is 9.79. The fourth-order valence-electron chi connectivity index (χ4n) is 1.98. The van der Waals surface area contributed by atoms with E-state index in [-0.39, 0.29) is 0 Å². The first kappa shape index (κ1) is 14.5. The molecule has 0 fully saturated rings. The van der Waals surface area contributed by atoms with Crippen molar-refractivity contribution in [2.45, 2.75) is 51.2 Å². The van der Waals surface area contributed by atoms with Crippen LogP contribution < -0.4 is 0 Å². The minimum absolute atomic E-state index is 1.23. The van der Waals surface area contributed by atoms with Crippen molar-refractivity contribution in [2.75, 3.05) is 7.11 Å². The second kappa shape index (κ2) is 7.67. The zero-order valence-corrected chi connectivity index (χ0v) is 12.5. The van der Waals surface area contributed by atoms with E-state index in [0.717, 1.165) is 0 Å². The van der Waals surface area contributed by atoms with E-state index in [1.165, 1.54) is 43.7 Å². The van der Waals surface area contributed by atoms with Gasteiger partial charge in [0.15, 0.2) is 8.32 Å². The normalized spacial score (nSPS) is 11.7. The van der Waals surface area contributed by atoms with Crippen LogP contribution in [-0.4, -0.2) is 15.4 Å². The molecule has 96 valence electrons. The summed E-state index contributed by atoms with van der Waals surface area (Å²) < 4.78 is 5.55. The van der Waals surface area contributed by atoms with Gasteiger partial charge in [-0.1, -0.05) is 49.6 Å². The lowest BCUT2D eigenvalue weighted by atomic mass is 10.1. The van der Waals surface area contributed by atoms with Crippen LogP contribution in [0.5, 0.6) is 0 Å². The van der Waals surface area contributed by atoms with Crippen LogP contribution >= 0.6 is 0 Å². The molecule has 0 unspecified atom stereocenters. The summed E-state index contributed by atoms with van der Waals surface area (Å²) in [7, 11) is 0.561. The lowest BCUT2D eigenvalue weighted by molar-refractivity contribution is 0.401. The molecule has 0 aromatic heterocycles. The van der Waals surface area contributed by atoms with E-state index in [9.17, 15) is 0 Å². The second-order valence-electron chi connectivity index (χ2n) is 5.36. The highest BCUT2D eigenvalue weighted by atomic mass is 28.4. The molecule has 0 radical (unpaired) electrons. The SMILES string of the molecule is CO[Si](C)(C)CCCCCCc1ccccc1. The molecule has 0 heterocycles. The van der Waals surface area contributed by atoms with Crippen LogP contribution in [0.2, 0.25) is 19.1 Å². The van der Waals surface area contributed by atoms with Gasteiger partial charge in [0.2, 0.25) is 0 Å². The van der Waals surface area contributed by atoms with Crippen LogP contribution in [0.15, 0.2) is 30.3 Å². The van der Waals surface area contributed by atoms with Gasteiger partial charge >= 0.3 is 0 Å². The van der Waals surface area contributed by atoms with Gasteiger partial charge in [-0.25, -0.2) is 0 Å². The number of benzene rings is 1. The third kappa shape index (κ3) is 6.64. The molecule has 0 N–H and O–H groups in total. The summed E-state index contributed by atoms with van der Waals surface area (Å²) >= 11 is 0. The van der Waals surface area contributed by atoms with E-state index in [4.69, 9.17) is 4.43 Å². The monoisotopic (exact) mass is 250 g/mol. The Hall–Kier alpha value is -0.603. The maximum absolute atomic E-state index is 5.55. The van der Waals surface area contributed by atoms with Gasteiger partial charge in [-0.05, 0) is 37.5 Å². The molecule has 0 aliphatic rings. The molecule has 17 heavy (non-hydrogen) atoms. The molecule has 0 spiro atoms. The Labute approximate surface area is 107 Å². The molecule has 1 nitrogen and oxygen atoms in total. The zero-order chi connectivity index (χ0) is 12.6. The van der Waals surface area contributed by atoms with Crippen LogP contribution in [0.3, 0.4) is 0 Å². The van der Waals surface area contributed by atoms with Gasteiger partial charge in [-0.15, -0.1) is 0 Å². The van der Waals surface area contributed by atoms with Crippen LogP contribution in [0.1, 0.15) is 31.2 Å². The summed E-state index contributed by atoms with van der Waals surface area (Å²) in [5.74, 6) is 0. The van der Waals surface area contributed by atoms with E-state index < -0.39 is 8.32 Å². The minimum Gasteiger partial charge on any atom is -0.420 e. The van der Waals surface area contributed by atoms with E-state index in [1.54, 1.807) is 0 Å². The average Bonchev–Trinajstić information content (AvgIpc) is 2.35. The predicted molar refractivity (Wildman–Crippen MR) is 77.9 cm³/mol. The number of hydrogen-bond acceptors (Lipinski definition) is 1. The summed E-state index contributed by atoms with van der Waals surface area (Å²) in [5, 5.41) is 0. The lowest BCUT2D eigenvalue weighted by Gasteiger charge is -2.19. The van der Waals surface area contributed by atoms with Gasteiger partial charge in [0.25, 0.3) is 0 Å². The van der Waals surface area contributed by atoms with E-state index in [0.29, 0.717) is 0 Å². The molecule has 0 bridgehead atoms. The topological polar surface area (TPSA) is 9.23 Å². The third-order valence-electron chi connectivity index (χ3n) is 3.39. The fourth-order valence-corrected chi connectivity index (χ4v) is 3.29. The predicted octanol–water partition coefficient (Wildman–Crippen LogP) is 4.64. The van der Waals surface area contributed by atoms with Gasteiger partial charge in [0.1, 0.15) is 0 Å². The molecular formula is C15H26OSi. The van der Waals surface area contributed by atoms with Crippen molar-refractivity contribution in [3.8, 4) is 0 Å². The average molecular weight is 250 g/mol. The molecular weight excluding hydrogens is 224 g/mol. The quantitative estimate of drug-likeness (QED) is 0.482.